The van der Waals surface area contributed by atoms with Crippen LogP contribution >= 0.6 is 0 Å². The first-order valence-electron chi connectivity index (χ1n) is 8.52. The molecule has 1 aromatic carbocycles. The van der Waals surface area contributed by atoms with Crippen LogP contribution in [0.4, 0.5) is 5.69 Å². The largest absolute Gasteiger partial charge is 0.369 e. The Morgan fingerprint density at radius 1 is 1.24 bits per heavy atom. The average Bonchev–Trinajstić information content (AvgIpc) is 3.21. The minimum Gasteiger partial charge on any atom is -0.369 e. The van der Waals surface area contributed by atoms with Crippen LogP contribution in [0.1, 0.15) is 64.5 Å². The monoisotopic (exact) mass is 288 g/mol. The lowest BCUT2D eigenvalue weighted by molar-refractivity contribution is 0.424. The second-order valence-electron chi connectivity index (χ2n) is 7.49. The second-order valence-corrected chi connectivity index (χ2v) is 7.49. The maximum absolute atomic E-state index is 3.58. The smallest absolute Gasteiger partial charge is 0.0371 e. The van der Waals surface area contributed by atoms with Crippen molar-refractivity contribution in [1.29, 1.82) is 0 Å². The van der Waals surface area contributed by atoms with E-state index in [1.165, 1.54) is 49.0 Å². The topological polar surface area (TPSA) is 15.3 Å². The molecule has 0 aliphatic heterocycles. The highest BCUT2D eigenvalue weighted by Crippen LogP contribution is 2.32. The Labute approximate surface area is 130 Å². The summed E-state index contributed by atoms with van der Waals surface area (Å²) in [5, 5.41) is 3.58. The lowest BCUT2D eigenvalue weighted by Gasteiger charge is -2.26. The fraction of sp³-hybridized carbons (Fsp3) is 0.684. The van der Waals surface area contributed by atoms with Crippen molar-refractivity contribution in [2.75, 3.05) is 11.4 Å². The lowest BCUT2D eigenvalue weighted by atomic mass is 10.0. The zero-order valence-electron chi connectivity index (χ0n) is 14.5. The molecule has 2 rings (SSSR count). The molecule has 0 heterocycles. The molecule has 1 aliphatic carbocycles. The van der Waals surface area contributed by atoms with Gasteiger partial charge in [-0.05, 0) is 70.2 Å². The molecule has 2 nitrogen and oxygen atoms in total. The van der Waals surface area contributed by atoms with Crippen molar-refractivity contribution in [2.24, 2.45) is 0 Å². The van der Waals surface area contributed by atoms with E-state index in [0.29, 0.717) is 0 Å². The normalized spacial score (nSPS) is 15.3. The van der Waals surface area contributed by atoms with Gasteiger partial charge < -0.3 is 10.2 Å². The molecule has 1 N–H and O–H groups in total. The predicted octanol–water partition coefficient (Wildman–Crippen LogP) is 4.65. The minimum atomic E-state index is 0.173. The Balaban J connectivity index is 2.06. The summed E-state index contributed by atoms with van der Waals surface area (Å²) in [5.74, 6) is 0. The number of anilines is 1. The summed E-state index contributed by atoms with van der Waals surface area (Å²) in [6.07, 6.45) is 5.31. The van der Waals surface area contributed by atoms with Crippen LogP contribution in [-0.2, 0) is 6.54 Å². The quantitative estimate of drug-likeness (QED) is 0.785. The number of aryl methyl sites for hydroxylation is 1. The van der Waals surface area contributed by atoms with E-state index in [9.17, 15) is 0 Å². The van der Waals surface area contributed by atoms with Crippen LogP contribution in [0, 0.1) is 6.92 Å². The van der Waals surface area contributed by atoms with Gasteiger partial charge >= 0.3 is 0 Å². The Hall–Kier alpha value is -1.02. The first-order valence-corrected chi connectivity index (χ1v) is 8.52. The molecular formula is C19H32N2. The summed E-state index contributed by atoms with van der Waals surface area (Å²) in [5.41, 5.74) is 4.42. The summed E-state index contributed by atoms with van der Waals surface area (Å²) in [7, 11) is 0. The fourth-order valence-electron chi connectivity index (χ4n) is 2.65. The van der Waals surface area contributed by atoms with Crippen molar-refractivity contribution >= 4 is 5.69 Å². The first-order chi connectivity index (χ1) is 9.90. The number of hydrogen-bond acceptors (Lipinski definition) is 2. The van der Waals surface area contributed by atoms with E-state index in [2.05, 4.69) is 63.0 Å². The summed E-state index contributed by atoms with van der Waals surface area (Å²) in [4.78, 5) is 2.62. The molecule has 0 aromatic heterocycles. The summed E-state index contributed by atoms with van der Waals surface area (Å²) in [6, 6.07) is 7.81. The van der Waals surface area contributed by atoms with Gasteiger partial charge in [-0.2, -0.15) is 0 Å². The maximum atomic E-state index is 3.58. The molecule has 0 spiro atoms. The first kappa shape index (κ1) is 16.4. The van der Waals surface area contributed by atoms with Gasteiger partial charge in [-0.15, -0.1) is 0 Å². The van der Waals surface area contributed by atoms with Gasteiger partial charge in [-0.3, -0.25) is 0 Å². The lowest BCUT2D eigenvalue weighted by Crippen LogP contribution is -2.35. The van der Waals surface area contributed by atoms with Crippen LogP contribution < -0.4 is 10.2 Å². The Morgan fingerprint density at radius 2 is 1.95 bits per heavy atom. The van der Waals surface area contributed by atoms with Crippen LogP contribution in [0.2, 0.25) is 0 Å². The highest BCUT2D eigenvalue weighted by atomic mass is 15.2. The Bertz CT molecular complexity index is 455. The molecule has 0 saturated heterocycles. The number of hydrogen-bond donors (Lipinski definition) is 1. The van der Waals surface area contributed by atoms with E-state index in [4.69, 9.17) is 0 Å². The van der Waals surface area contributed by atoms with Crippen molar-refractivity contribution in [2.45, 2.75) is 78.4 Å². The summed E-state index contributed by atoms with van der Waals surface area (Å²) >= 11 is 0. The molecular weight excluding hydrogens is 256 g/mol. The van der Waals surface area contributed by atoms with Gasteiger partial charge in [0.05, 0.1) is 0 Å². The number of nitrogens with zero attached hydrogens (tertiary/aromatic N) is 1. The van der Waals surface area contributed by atoms with Crippen molar-refractivity contribution in [3.05, 3.63) is 29.3 Å². The van der Waals surface area contributed by atoms with E-state index < -0.39 is 0 Å². The Kier molecular flexibility index (Phi) is 5.32. The van der Waals surface area contributed by atoms with Crippen LogP contribution in [0.5, 0.6) is 0 Å². The number of nitrogens with one attached hydrogen (secondary N) is 1. The van der Waals surface area contributed by atoms with Gasteiger partial charge in [0.2, 0.25) is 0 Å². The summed E-state index contributed by atoms with van der Waals surface area (Å²) in [6.45, 7) is 13.3. The standard InChI is InChI=1S/C19H32N2/c1-6-7-12-21(17-10-11-17)18-9-8-16(15(2)13-18)14-20-19(3,4)5/h8-9,13,17,20H,6-7,10-12,14H2,1-5H3. The molecule has 1 fully saturated rings. The van der Waals surface area contributed by atoms with Gasteiger partial charge in [-0.1, -0.05) is 19.4 Å². The zero-order valence-corrected chi connectivity index (χ0v) is 14.5. The fourth-order valence-corrected chi connectivity index (χ4v) is 2.65. The van der Waals surface area contributed by atoms with E-state index >= 15 is 0 Å². The molecule has 1 aliphatic rings. The Morgan fingerprint density at radius 3 is 2.48 bits per heavy atom. The molecule has 0 atom stereocenters. The molecule has 2 heteroatoms. The van der Waals surface area contributed by atoms with Crippen molar-refractivity contribution in [1.82, 2.24) is 5.32 Å². The van der Waals surface area contributed by atoms with E-state index in [0.717, 1.165) is 12.6 Å². The summed E-state index contributed by atoms with van der Waals surface area (Å²) < 4.78 is 0. The maximum Gasteiger partial charge on any atom is 0.0371 e. The van der Waals surface area contributed by atoms with Gasteiger partial charge in [0.25, 0.3) is 0 Å². The average molecular weight is 288 g/mol. The van der Waals surface area contributed by atoms with Gasteiger partial charge in [0.1, 0.15) is 0 Å². The minimum absolute atomic E-state index is 0.173. The third-order valence-corrected chi connectivity index (χ3v) is 4.21. The van der Waals surface area contributed by atoms with Gasteiger partial charge in [-0.25, -0.2) is 0 Å². The van der Waals surface area contributed by atoms with Crippen molar-refractivity contribution < 1.29 is 0 Å². The van der Waals surface area contributed by atoms with Crippen LogP contribution in [0.15, 0.2) is 18.2 Å². The van der Waals surface area contributed by atoms with Crippen LogP contribution in [0.3, 0.4) is 0 Å². The van der Waals surface area contributed by atoms with E-state index in [1.807, 2.05) is 0 Å². The van der Waals surface area contributed by atoms with Crippen LogP contribution in [0.25, 0.3) is 0 Å². The SMILES string of the molecule is CCCCN(c1ccc(CNC(C)(C)C)c(C)c1)C1CC1. The molecule has 21 heavy (non-hydrogen) atoms. The molecule has 0 amide bonds. The number of rotatable bonds is 7. The van der Waals surface area contributed by atoms with E-state index in [-0.39, 0.29) is 5.54 Å². The van der Waals surface area contributed by atoms with Crippen LogP contribution in [-0.4, -0.2) is 18.1 Å². The highest BCUT2D eigenvalue weighted by Gasteiger charge is 2.28. The van der Waals surface area contributed by atoms with Crippen molar-refractivity contribution in [3.63, 3.8) is 0 Å². The molecule has 0 bridgehead atoms. The molecule has 1 saturated carbocycles. The van der Waals surface area contributed by atoms with E-state index in [1.54, 1.807) is 0 Å². The third-order valence-electron chi connectivity index (χ3n) is 4.21. The molecule has 1 aromatic rings. The van der Waals surface area contributed by atoms with Crippen molar-refractivity contribution in [3.8, 4) is 0 Å². The molecule has 0 unspecified atom stereocenters. The number of unbranched alkanes of at least 4 members (excludes halogenated alkanes) is 1. The highest BCUT2D eigenvalue weighted by molar-refractivity contribution is 5.52. The van der Waals surface area contributed by atoms with Gasteiger partial charge in [0.15, 0.2) is 0 Å². The number of benzene rings is 1. The predicted molar refractivity (Wildman–Crippen MR) is 93.0 cm³/mol. The molecule has 0 radical (unpaired) electrons. The third kappa shape index (κ3) is 5.03. The molecule has 118 valence electrons. The second kappa shape index (κ2) is 6.83. The zero-order chi connectivity index (χ0) is 15.5. The van der Waals surface area contributed by atoms with Gasteiger partial charge in [0, 0.05) is 30.4 Å².